The third kappa shape index (κ3) is 3.38. The normalized spacial score (nSPS) is 10.7. The number of aryl methyl sites for hydroxylation is 1. The summed E-state index contributed by atoms with van der Waals surface area (Å²) in [5.74, 6) is 0. The van der Waals surface area contributed by atoms with Crippen molar-refractivity contribution in [3.05, 3.63) is 47.2 Å². The summed E-state index contributed by atoms with van der Waals surface area (Å²) in [4.78, 5) is 17.0. The molecule has 2 aromatic heterocycles. The molecule has 21 heavy (non-hydrogen) atoms. The first-order chi connectivity index (χ1) is 10.2. The molecule has 6 nitrogen and oxygen atoms in total. The molecule has 0 saturated carbocycles. The monoisotopic (exact) mass is 301 g/mol. The van der Waals surface area contributed by atoms with Crippen LogP contribution in [0.5, 0.6) is 0 Å². The summed E-state index contributed by atoms with van der Waals surface area (Å²) in [5.41, 5.74) is 1.74. The van der Waals surface area contributed by atoms with E-state index in [2.05, 4.69) is 20.7 Å². The highest BCUT2D eigenvalue weighted by Crippen LogP contribution is 2.14. The maximum Gasteiger partial charge on any atom is 0.319 e. The smallest absolute Gasteiger partial charge is 0.319 e. The summed E-state index contributed by atoms with van der Waals surface area (Å²) in [5, 5.41) is 11.0. The molecule has 3 rings (SSSR count). The Hall–Kier alpha value is -2.41. The number of nitrogens with one attached hydrogen (secondary N) is 2. The van der Waals surface area contributed by atoms with Gasteiger partial charge in [0.25, 0.3) is 0 Å². The van der Waals surface area contributed by atoms with Crippen molar-refractivity contribution in [3.63, 3.8) is 0 Å². The van der Waals surface area contributed by atoms with Gasteiger partial charge in [0.15, 0.2) is 0 Å². The summed E-state index contributed by atoms with van der Waals surface area (Å²) in [6, 6.07) is 9.14. The van der Waals surface area contributed by atoms with Crippen LogP contribution in [0.4, 0.5) is 10.5 Å². The van der Waals surface area contributed by atoms with Gasteiger partial charge in [0, 0.05) is 18.7 Å². The van der Waals surface area contributed by atoms with Crippen LogP contribution < -0.4 is 10.6 Å². The average Bonchev–Trinajstić information content (AvgIpc) is 2.96. The molecule has 0 bridgehead atoms. The molecule has 0 radical (unpaired) electrons. The minimum atomic E-state index is -0.210. The maximum atomic E-state index is 11.7. The standard InChI is InChI=1S/C14H15N5OS/c1-10-9-19-14(16-10)21-12(18-19)7-8-15-13(20)17-11-5-3-2-4-6-11/h2-6,9H,7-8H2,1H3,(H2,15,17,20). The number of rotatable bonds is 4. The van der Waals surface area contributed by atoms with Gasteiger partial charge in [-0.3, -0.25) is 0 Å². The van der Waals surface area contributed by atoms with Crippen LogP contribution in [0.1, 0.15) is 10.7 Å². The van der Waals surface area contributed by atoms with E-state index < -0.39 is 0 Å². The van der Waals surface area contributed by atoms with Gasteiger partial charge >= 0.3 is 6.03 Å². The molecule has 0 fully saturated rings. The highest BCUT2D eigenvalue weighted by molar-refractivity contribution is 7.16. The van der Waals surface area contributed by atoms with Crippen LogP contribution in [0.3, 0.4) is 0 Å². The maximum absolute atomic E-state index is 11.7. The van der Waals surface area contributed by atoms with Crippen molar-refractivity contribution in [1.29, 1.82) is 0 Å². The number of aromatic nitrogens is 3. The Morgan fingerprint density at radius 2 is 2.14 bits per heavy atom. The Bertz CT molecular complexity index is 718. The predicted molar refractivity (Wildman–Crippen MR) is 82.8 cm³/mol. The Morgan fingerprint density at radius 3 is 2.90 bits per heavy atom. The van der Waals surface area contributed by atoms with Gasteiger partial charge < -0.3 is 10.6 Å². The van der Waals surface area contributed by atoms with E-state index in [1.54, 1.807) is 15.9 Å². The summed E-state index contributed by atoms with van der Waals surface area (Å²) in [7, 11) is 0. The van der Waals surface area contributed by atoms with E-state index in [0.29, 0.717) is 13.0 Å². The van der Waals surface area contributed by atoms with E-state index in [-0.39, 0.29) is 6.03 Å². The molecule has 2 amide bonds. The fourth-order valence-electron chi connectivity index (χ4n) is 1.93. The second-order valence-electron chi connectivity index (χ2n) is 4.60. The van der Waals surface area contributed by atoms with Crippen molar-refractivity contribution in [2.75, 3.05) is 11.9 Å². The van der Waals surface area contributed by atoms with Crippen LogP contribution in [0.15, 0.2) is 36.5 Å². The number of carbonyl (C=O) groups is 1. The number of anilines is 1. The molecule has 0 unspecified atom stereocenters. The molecular weight excluding hydrogens is 286 g/mol. The fourth-order valence-corrected chi connectivity index (χ4v) is 2.85. The molecule has 0 spiro atoms. The predicted octanol–water partition coefficient (Wildman–Crippen LogP) is 2.46. The topological polar surface area (TPSA) is 71.3 Å². The Labute approximate surface area is 125 Å². The van der Waals surface area contributed by atoms with Crippen LogP contribution in [-0.4, -0.2) is 27.2 Å². The number of benzene rings is 1. The third-order valence-corrected chi connectivity index (χ3v) is 3.84. The van der Waals surface area contributed by atoms with Crippen molar-refractivity contribution in [3.8, 4) is 0 Å². The van der Waals surface area contributed by atoms with E-state index in [0.717, 1.165) is 21.3 Å². The molecule has 0 saturated heterocycles. The zero-order chi connectivity index (χ0) is 14.7. The van der Waals surface area contributed by atoms with E-state index >= 15 is 0 Å². The molecular formula is C14H15N5OS. The first-order valence-corrected chi connectivity index (χ1v) is 7.44. The van der Waals surface area contributed by atoms with Gasteiger partial charge in [0.1, 0.15) is 5.01 Å². The second-order valence-corrected chi connectivity index (χ2v) is 5.64. The van der Waals surface area contributed by atoms with Crippen LogP contribution in [0.2, 0.25) is 0 Å². The lowest BCUT2D eigenvalue weighted by Gasteiger charge is -2.06. The second kappa shape index (κ2) is 5.92. The van der Waals surface area contributed by atoms with Crippen molar-refractivity contribution >= 4 is 28.0 Å². The summed E-state index contributed by atoms with van der Waals surface area (Å²) in [6.07, 6.45) is 2.58. The lowest BCUT2D eigenvalue weighted by molar-refractivity contribution is 0.252. The minimum Gasteiger partial charge on any atom is -0.337 e. The SMILES string of the molecule is Cc1cn2nc(CCNC(=O)Nc3ccccc3)sc2n1. The van der Waals surface area contributed by atoms with E-state index in [1.165, 1.54) is 0 Å². The van der Waals surface area contributed by atoms with Crippen LogP contribution >= 0.6 is 11.3 Å². The van der Waals surface area contributed by atoms with E-state index in [1.807, 2.05) is 43.5 Å². The fraction of sp³-hybridized carbons (Fsp3) is 0.214. The number of urea groups is 1. The van der Waals surface area contributed by atoms with Gasteiger partial charge in [-0.2, -0.15) is 5.10 Å². The largest absolute Gasteiger partial charge is 0.337 e. The number of hydrogen-bond acceptors (Lipinski definition) is 4. The molecule has 0 aliphatic carbocycles. The first-order valence-electron chi connectivity index (χ1n) is 6.62. The highest BCUT2D eigenvalue weighted by atomic mass is 32.1. The molecule has 1 aromatic carbocycles. The summed E-state index contributed by atoms with van der Waals surface area (Å²) < 4.78 is 1.78. The van der Waals surface area contributed by atoms with Crippen LogP contribution in [-0.2, 0) is 6.42 Å². The van der Waals surface area contributed by atoms with Crippen LogP contribution in [0, 0.1) is 6.92 Å². The Kier molecular flexibility index (Phi) is 3.83. The number of amides is 2. The lowest BCUT2D eigenvalue weighted by atomic mass is 10.3. The Morgan fingerprint density at radius 1 is 1.33 bits per heavy atom. The molecule has 3 aromatic rings. The third-order valence-electron chi connectivity index (χ3n) is 2.86. The summed E-state index contributed by atoms with van der Waals surface area (Å²) in [6.45, 7) is 2.48. The Balaban J connectivity index is 1.49. The van der Waals surface area contributed by atoms with Crippen molar-refractivity contribution in [1.82, 2.24) is 19.9 Å². The van der Waals surface area contributed by atoms with Gasteiger partial charge in [0.05, 0.1) is 11.9 Å². The van der Waals surface area contributed by atoms with E-state index in [4.69, 9.17) is 0 Å². The zero-order valence-corrected chi connectivity index (χ0v) is 12.4. The number of hydrogen-bond donors (Lipinski definition) is 2. The van der Waals surface area contributed by atoms with Crippen molar-refractivity contribution in [2.45, 2.75) is 13.3 Å². The molecule has 0 aliphatic heterocycles. The molecule has 0 atom stereocenters. The van der Waals surface area contributed by atoms with Gasteiger partial charge in [-0.25, -0.2) is 14.3 Å². The number of nitrogens with zero attached hydrogens (tertiary/aromatic N) is 3. The van der Waals surface area contributed by atoms with E-state index in [9.17, 15) is 4.79 Å². The van der Waals surface area contributed by atoms with Crippen molar-refractivity contribution < 1.29 is 4.79 Å². The van der Waals surface area contributed by atoms with Crippen molar-refractivity contribution in [2.24, 2.45) is 0 Å². The molecule has 108 valence electrons. The summed E-state index contributed by atoms with van der Waals surface area (Å²) >= 11 is 1.54. The number of fused-ring (bicyclic) bond motifs is 1. The van der Waals surface area contributed by atoms with Gasteiger partial charge in [0.2, 0.25) is 4.96 Å². The molecule has 7 heteroatoms. The van der Waals surface area contributed by atoms with Gasteiger partial charge in [-0.05, 0) is 19.1 Å². The first kappa shape index (κ1) is 13.6. The highest BCUT2D eigenvalue weighted by Gasteiger charge is 2.07. The van der Waals surface area contributed by atoms with Crippen LogP contribution in [0.25, 0.3) is 4.96 Å². The number of carbonyl (C=O) groups excluding carboxylic acids is 1. The minimum absolute atomic E-state index is 0.210. The molecule has 2 heterocycles. The lowest BCUT2D eigenvalue weighted by Crippen LogP contribution is -2.30. The molecule has 0 aliphatic rings. The van der Waals surface area contributed by atoms with Gasteiger partial charge in [-0.1, -0.05) is 29.5 Å². The quantitative estimate of drug-likeness (QED) is 0.777. The average molecular weight is 301 g/mol. The molecule has 2 N–H and O–H groups in total. The zero-order valence-electron chi connectivity index (χ0n) is 11.5. The number of para-hydroxylation sites is 1. The number of imidazole rings is 1. The van der Waals surface area contributed by atoms with Gasteiger partial charge in [-0.15, -0.1) is 0 Å².